The van der Waals surface area contributed by atoms with E-state index in [0.29, 0.717) is 13.0 Å². The van der Waals surface area contributed by atoms with Crippen molar-refractivity contribution in [2.75, 3.05) is 6.54 Å². The quantitative estimate of drug-likeness (QED) is 0.729. The molecule has 0 aliphatic carbocycles. The molecular weight excluding hydrogens is 204 g/mol. The fourth-order valence-corrected chi connectivity index (χ4v) is 1.82. The molecule has 1 aliphatic rings. The third-order valence-corrected chi connectivity index (χ3v) is 2.77. The van der Waals surface area contributed by atoms with Gasteiger partial charge in [-0.05, 0) is 27.2 Å². The maximum absolute atomic E-state index is 11.9. The van der Waals surface area contributed by atoms with Gasteiger partial charge in [-0.25, -0.2) is 0 Å². The number of hydrogen-bond donors (Lipinski definition) is 1. The fourth-order valence-electron chi connectivity index (χ4n) is 1.82. The van der Waals surface area contributed by atoms with Crippen LogP contribution in [0.15, 0.2) is 11.6 Å². The summed E-state index contributed by atoms with van der Waals surface area (Å²) in [7, 11) is 0. The molecule has 0 bridgehead atoms. The minimum atomic E-state index is -0.402. The van der Waals surface area contributed by atoms with E-state index in [1.807, 2.05) is 26.8 Å². The van der Waals surface area contributed by atoms with Crippen molar-refractivity contribution in [2.45, 2.75) is 46.2 Å². The van der Waals surface area contributed by atoms with Crippen molar-refractivity contribution in [2.24, 2.45) is 0 Å². The molecule has 0 spiro atoms. The highest BCUT2D eigenvalue weighted by molar-refractivity contribution is 5.96. The van der Waals surface area contributed by atoms with Crippen molar-refractivity contribution in [3.63, 3.8) is 0 Å². The summed E-state index contributed by atoms with van der Waals surface area (Å²) in [6.45, 7) is 8.14. The summed E-state index contributed by atoms with van der Waals surface area (Å²) in [5.74, 6) is -0.0410. The number of amides is 2. The van der Waals surface area contributed by atoms with Gasteiger partial charge in [0.25, 0.3) is 0 Å². The first-order valence-corrected chi connectivity index (χ1v) is 5.71. The molecule has 1 N–H and O–H groups in total. The molecule has 0 saturated carbocycles. The molecule has 16 heavy (non-hydrogen) atoms. The van der Waals surface area contributed by atoms with Gasteiger partial charge in [0.1, 0.15) is 12.1 Å². The molecule has 2 atom stereocenters. The summed E-state index contributed by atoms with van der Waals surface area (Å²) in [6, 6.07) is -0.722. The third kappa shape index (κ3) is 2.62. The topological polar surface area (TPSA) is 49.4 Å². The molecule has 2 amide bonds. The number of rotatable bonds is 3. The molecule has 1 saturated heterocycles. The van der Waals surface area contributed by atoms with E-state index in [0.717, 1.165) is 5.57 Å². The Morgan fingerprint density at radius 2 is 2.06 bits per heavy atom. The zero-order valence-electron chi connectivity index (χ0n) is 10.4. The number of nitrogens with one attached hydrogen (secondary N) is 1. The second kappa shape index (κ2) is 5.14. The maximum Gasteiger partial charge on any atom is 0.245 e. The van der Waals surface area contributed by atoms with Gasteiger partial charge in [-0.1, -0.05) is 18.6 Å². The van der Waals surface area contributed by atoms with Crippen molar-refractivity contribution in [1.82, 2.24) is 10.2 Å². The zero-order chi connectivity index (χ0) is 12.3. The molecule has 1 fully saturated rings. The molecular formula is C12H20N2O2. The Bertz CT molecular complexity index is 319. The first kappa shape index (κ1) is 12.7. The molecule has 0 aromatic heterocycles. The van der Waals surface area contributed by atoms with Gasteiger partial charge in [-0.3, -0.25) is 9.59 Å². The summed E-state index contributed by atoms with van der Waals surface area (Å²) < 4.78 is 0. The predicted molar refractivity (Wildman–Crippen MR) is 62.8 cm³/mol. The van der Waals surface area contributed by atoms with Gasteiger partial charge in [-0.15, -0.1) is 0 Å². The predicted octanol–water partition coefficient (Wildman–Crippen LogP) is 1.08. The van der Waals surface area contributed by atoms with Crippen LogP contribution in [0.2, 0.25) is 0 Å². The Morgan fingerprint density at radius 1 is 1.44 bits per heavy atom. The van der Waals surface area contributed by atoms with Crippen molar-refractivity contribution >= 4 is 11.8 Å². The highest BCUT2D eigenvalue weighted by atomic mass is 16.2. The van der Waals surface area contributed by atoms with Crippen molar-refractivity contribution in [3.8, 4) is 0 Å². The lowest BCUT2D eigenvalue weighted by atomic mass is 10.1. The van der Waals surface area contributed by atoms with E-state index in [2.05, 4.69) is 5.32 Å². The van der Waals surface area contributed by atoms with Crippen molar-refractivity contribution < 1.29 is 9.59 Å². The van der Waals surface area contributed by atoms with Crippen molar-refractivity contribution in [1.29, 1.82) is 0 Å². The molecule has 90 valence electrons. The van der Waals surface area contributed by atoms with Crippen LogP contribution in [-0.2, 0) is 9.59 Å². The molecule has 1 heterocycles. The van der Waals surface area contributed by atoms with Gasteiger partial charge in [-0.2, -0.15) is 0 Å². The number of carbonyl (C=O) groups excluding carboxylic acids is 2. The van der Waals surface area contributed by atoms with Crippen LogP contribution in [0.5, 0.6) is 0 Å². The van der Waals surface area contributed by atoms with Gasteiger partial charge < -0.3 is 10.2 Å². The first-order valence-electron chi connectivity index (χ1n) is 5.71. The van der Waals surface area contributed by atoms with Crippen LogP contribution in [-0.4, -0.2) is 35.3 Å². The largest absolute Gasteiger partial charge is 0.343 e. The molecule has 0 radical (unpaired) electrons. The van der Waals surface area contributed by atoms with Crippen LogP contribution in [0.3, 0.4) is 0 Å². The van der Waals surface area contributed by atoms with Crippen LogP contribution in [0.1, 0.15) is 34.1 Å². The van der Waals surface area contributed by atoms with Crippen LogP contribution in [0.4, 0.5) is 0 Å². The fraction of sp³-hybridized carbons (Fsp3) is 0.667. The Kier molecular flexibility index (Phi) is 4.10. The van der Waals surface area contributed by atoms with Gasteiger partial charge in [0, 0.05) is 6.54 Å². The lowest BCUT2D eigenvalue weighted by Gasteiger charge is -2.37. The van der Waals surface area contributed by atoms with E-state index in [1.54, 1.807) is 11.8 Å². The van der Waals surface area contributed by atoms with Crippen LogP contribution < -0.4 is 5.32 Å². The van der Waals surface area contributed by atoms with Crippen LogP contribution in [0.25, 0.3) is 0 Å². The Balaban J connectivity index is 2.85. The van der Waals surface area contributed by atoms with Crippen LogP contribution >= 0.6 is 0 Å². The normalized spacial score (nSPS) is 25.4. The SMILES string of the molecule is CCC1C(=O)NC(C)C(=O)N1CC=C(C)C. The van der Waals surface area contributed by atoms with E-state index in [4.69, 9.17) is 0 Å². The van der Waals surface area contributed by atoms with Gasteiger partial charge >= 0.3 is 0 Å². The second-order valence-corrected chi connectivity index (χ2v) is 4.43. The summed E-state index contributed by atoms with van der Waals surface area (Å²) in [4.78, 5) is 25.3. The van der Waals surface area contributed by atoms with E-state index in [-0.39, 0.29) is 17.9 Å². The van der Waals surface area contributed by atoms with E-state index >= 15 is 0 Å². The minimum absolute atomic E-state index is 0.00366. The van der Waals surface area contributed by atoms with Crippen molar-refractivity contribution in [3.05, 3.63) is 11.6 Å². The number of nitrogens with zero attached hydrogens (tertiary/aromatic N) is 1. The highest BCUT2D eigenvalue weighted by Gasteiger charge is 2.36. The van der Waals surface area contributed by atoms with Crippen LogP contribution in [0, 0.1) is 0 Å². The van der Waals surface area contributed by atoms with Gasteiger partial charge in [0.05, 0.1) is 0 Å². The average molecular weight is 224 g/mol. The lowest BCUT2D eigenvalue weighted by molar-refractivity contribution is -0.148. The molecule has 1 rings (SSSR count). The number of piperazine rings is 1. The molecule has 2 unspecified atom stereocenters. The minimum Gasteiger partial charge on any atom is -0.343 e. The summed E-state index contributed by atoms with van der Waals surface area (Å²) in [5, 5.41) is 2.70. The monoisotopic (exact) mass is 224 g/mol. The molecule has 0 aromatic rings. The maximum atomic E-state index is 11.9. The number of allylic oxidation sites excluding steroid dienone is 1. The second-order valence-electron chi connectivity index (χ2n) is 4.43. The smallest absolute Gasteiger partial charge is 0.245 e. The third-order valence-electron chi connectivity index (χ3n) is 2.77. The molecule has 4 heteroatoms. The van der Waals surface area contributed by atoms with E-state index in [9.17, 15) is 9.59 Å². The lowest BCUT2D eigenvalue weighted by Crippen LogP contribution is -2.62. The Labute approximate surface area is 96.7 Å². The summed E-state index contributed by atoms with van der Waals surface area (Å²) in [6.07, 6.45) is 2.63. The zero-order valence-corrected chi connectivity index (χ0v) is 10.4. The summed E-state index contributed by atoms with van der Waals surface area (Å²) in [5.41, 5.74) is 1.15. The van der Waals surface area contributed by atoms with Gasteiger partial charge in [0.2, 0.25) is 11.8 Å². The van der Waals surface area contributed by atoms with E-state index in [1.165, 1.54) is 0 Å². The first-order chi connectivity index (χ1) is 7.47. The standard InChI is InChI=1S/C12H20N2O2/c1-5-10-11(15)13-9(4)12(16)14(10)7-6-8(2)3/h6,9-10H,5,7H2,1-4H3,(H,13,15). The molecule has 0 aromatic carbocycles. The highest BCUT2D eigenvalue weighted by Crippen LogP contribution is 2.13. The molecule has 1 aliphatic heterocycles. The Hall–Kier alpha value is -1.32. The number of carbonyl (C=O) groups is 2. The summed E-state index contributed by atoms with van der Waals surface area (Å²) >= 11 is 0. The average Bonchev–Trinajstić information content (AvgIpc) is 2.20. The number of hydrogen-bond acceptors (Lipinski definition) is 2. The van der Waals surface area contributed by atoms with Gasteiger partial charge in [0.15, 0.2) is 0 Å². The molecule has 4 nitrogen and oxygen atoms in total. The Morgan fingerprint density at radius 3 is 2.56 bits per heavy atom. The van der Waals surface area contributed by atoms with E-state index < -0.39 is 6.04 Å².